The lowest BCUT2D eigenvalue weighted by Gasteiger charge is -2.24. The van der Waals surface area contributed by atoms with Crippen LogP contribution in [0.1, 0.15) is 39.0 Å². The van der Waals surface area contributed by atoms with E-state index >= 15 is 0 Å². The second-order valence-electron chi connectivity index (χ2n) is 5.87. The van der Waals surface area contributed by atoms with Crippen molar-refractivity contribution >= 4 is 5.91 Å². The number of rotatable bonds is 3. The van der Waals surface area contributed by atoms with Crippen molar-refractivity contribution < 1.29 is 4.79 Å². The minimum Gasteiger partial charge on any atom is -0.354 e. The summed E-state index contributed by atoms with van der Waals surface area (Å²) in [5.41, 5.74) is 0.273. The molecule has 0 aromatic heterocycles. The minimum atomic E-state index is -0.0182. The van der Waals surface area contributed by atoms with Gasteiger partial charge in [-0.05, 0) is 44.6 Å². The molecule has 84 valence electrons. The van der Waals surface area contributed by atoms with E-state index in [0.29, 0.717) is 5.54 Å². The van der Waals surface area contributed by atoms with Gasteiger partial charge in [0.05, 0.1) is 0 Å². The Hall–Kier alpha value is -0.570. The molecule has 2 unspecified atom stereocenters. The molecule has 15 heavy (non-hydrogen) atoms. The molecule has 0 spiro atoms. The van der Waals surface area contributed by atoms with Gasteiger partial charge in [-0.15, -0.1) is 0 Å². The van der Waals surface area contributed by atoms with Crippen LogP contribution in [0.2, 0.25) is 0 Å². The Balaban J connectivity index is 1.52. The summed E-state index contributed by atoms with van der Waals surface area (Å²) in [5, 5.41) is 6.72. The highest BCUT2D eigenvalue weighted by Gasteiger charge is 2.55. The van der Waals surface area contributed by atoms with Crippen molar-refractivity contribution in [2.75, 3.05) is 13.1 Å². The molecule has 3 aliphatic rings. The molecule has 0 aromatic rings. The smallest absolute Gasteiger partial charge is 0.226 e. The van der Waals surface area contributed by atoms with Gasteiger partial charge in [-0.1, -0.05) is 6.92 Å². The molecule has 3 rings (SSSR count). The van der Waals surface area contributed by atoms with Crippen molar-refractivity contribution in [3.05, 3.63) is 0 Å². The zero-order valence-corrected chi connectivity index (χ0v) is 9.44. The van der Waals surface area contributed by atoms with Gasteiger partial charge in [-0.3, -0.25) is 4.79 Å². The van der Waals surface area contributed by atoms with E-state index in [1.807, 2.05) is 0 Å². The summed E-state index contributed by atoms with van der Waals surface area (Å²) in [6.45, 7) is 4.05. The molecule has 2 saturated carbocycles. The zero-order valence-electron chi connectivity index (χ0n) is 9.44. The summed E-state index contributed by atoms with van der Waals surface area (Å²) in [4.78, 5) is 11.8. The molecule has 3 heteroatoms. The van der Waals surface area contributed by atoms with Crippen molar-refractivity contribution in [2.24, 2.45) is 11.3 Å². The SMILES string of the molecule is CC1(C(=O)NCC23CC2CCCN3)CC1. The maximum Gasteiger partial charge on any atom is 0.226 e. The molecular weight excluding hydrogens is 188 g/mol. The maximum atomic E-state index is 11.8. The Morgan fingerprint density at radius 1 is 1.53 bits per heavy atom. The summed E-state index contributed by atoms with van der Waals surface area (Å²) >= 11 is 0. The second kappa shape index (κ2) is 2.97. The number of carbonyl (C=O) groups is 1. The fourth-order valence-corrected chi connectivity index (χ4v) is 2.81. The van der Waals surface area contributed by atoms with Gasteiger partial charge >= 0.3 is 0 Å². The first-order valence-corrected chi connectivity index (χ1v) is 6.18. The third-order valence-electron chi connectivity index (χ3n) is 4.55. The Labute approximate surface area is 91.0 Å². The standard InChI is InChI=1S/C12H20N2O/c1-11(4-5-11)10(15)13-8-12-7-9(12)3-2-6-14-12/h9,14H,2-8H2,1H3,(H,13,15). The van der Waals surface area contributed by atoms with Crippen LogP contribution in [-0.2, 0) is 4.79 Å². The van der Waals surface area contributed by atoms with Crippen molar-refractivity contribution in [1.29, 1.82) is 0 Å². The maximum absolute atomic E-state index is 11.8. The van der Waals surface area contributed by atoms with E-state index in [2.05, 4.69) is 17.6 Å². The first kappa shape index (κ1) is 9.64. The van der Waals surface area contributed by atoms with Crippen LogP contribution in [0.3, 0.4) is 0 Å². The summed E-state index contributed by atoms with van der Waals surface area (Å²) in [5.74, 6) is 1.11. The van der Waals surface area contributed by atoms with Gasteiger partial charge in [0, 0.05) is 17.5 Å². The van der Waals surface area contributed by atoms with Gasteiger partial charge in [0.1, 0.15) is 0 Å². The van der Waals surface area contributed by atoms with Crippen LogP contribution in [0.25, 0.3) is 0 Å². The summed E-state index contributed by atoms with van der Waals surface area (Å²) in [6, 6.07) is 0. The average molecular weight is 208 g/mol. The van der Waals surface area contributed by atoms with Crippen LogP contribution in [-0.4, -0.2) is 24.5 Å². The zero-order chi connectivity index (χ0) is 10.5. The van der Waals surface area contributed by atoms with E-state index in [4.69, 9.17) is 0 Å². The largest absolute Gasteiger partial charge is 0.354 e. The van der Waals surface area contributed by atoms with E-state index in [1.54, 1.807) is 0 Å². The van der Waals surface area contributed by atoms with Gasteiger partial charge in [0.25, 0.3) is 0 Å². The Morgan fingerprint density at radius 3 is 3.00 bits per heavy atom. The molecule has 1 aliphatic heterocycles. The van der Waals surface area contributed by atoms with Crippen molar-refractivity contribution in [3.63, 3.8) is 0 Å². The molecule has 0 radical (unpaired) electrons. The number of amides is 1. The van der Waals surface area contributed by atoms with Crippen molar-refractivity contribution in [2.45, 2.75) is 44.6 Å². The first-order chi connectivity index (χ1) is 7.15. The number of nitrogens with one attached hydrogen (secondary N) is 2. The number of hydrogen-bond acceptors (Lipinski definition) is 2. The van der Waals surface area contributed by atoms with Gasteiger partial charge < -0.3 is 10.6 Å². The highest BCUT2D eigenvalue weighted by molar-refractivity contribution is 5.84. The van der Waals surface area contributed by atoms with E-state index in [0.717, 1.165) is 31.8 Å². The fourth-order valence-electron chi connectivity index (χ4n) is 2.81. The van der Waals surface area contributed by atoms with E-state index < -0.39 is 0 Å². The van der Waals surface area contributed by atoms with Crippen LogP contribution < -0.4 is 10.6 Å². The molecule has 0 aromatic carbocycles. The fraction of sp³-hybridized carbons (Fsp3) is 0.917. The van der Waals surface area contributed by atoms with E-state index in [-0.39, 0.29) is 11.3 Å². The Morgan fingerprint density at radius 2 is 2.33 bits per heavy atom. The van der Waals surface area contributed by atoms with Crippen molar-refractivity contribution in [3.8, 4) is 0 Å². The molecule has 1 amide bonds. The third kappa shape index (κ3) is 1.57. The molecule has 2 atom stereocenters. The van der Waals surface area contributed by atoms with Crippen LogP contribution >= 0.6 is 0 Å². The van der Waals surface area contributed by atoms with Crippen LogP contribution in [0.5, 0.6) is 0 Å². The highest BCUT2D eigenvalue weighted by atomic mass is 16.2. The van der Waals surface area contributed by atoms with E-state index in [9.17, 15) is 4.79 Å². The van der Waals surface area contributed by atoms with Crippen LogP contribution in [0, 0.1) is 11.3 Å². The lowest BCUT2D eigenvalue weighted by Crippen LogP contribution is -2.48. The van der Waals surface area contributed by atoms with Gasteiger partial charge in [-0.25, -0.2) is 0 Å². The van der Waals surface area contributed by atoms with Gasteiger partial charge in [-0.2, -0.15) is 0 Å². The predicted octanol–water partition coefficient (Wildman–Crippen LogP) is 1.04. The highest BCUT2D eigenvalue weighted by Crippen LogP contribution is 2.49. The van der Waals surface area contributed by atoms with E-state index in [1.165, 1.54) is 19.3 Å². The second-order valence-corrected chi connectivity index (χ2v) is 5.87. The summed E-state index contributed by atoms with van der Waals surface area (Å²) in [7, 11) is 0. The number of carbonyl (C=O) groups excluding carboxylic acids is 1. The number of fused-ring (bicyclic) bond motifs is 1. The molecule has 1 heterocycles. The van der Waals surface area contributed by atoms with Crippen LogP contribution in [0.4, 0.5) is 0 Å². The molecule has 1 saturated heterocycles. The Kier molecular flexibility index (Phi) is 1.91. The molecule has 3 nitrogen and oxygen atoms in total. The molecule has 0 bridgehead atoms. The average Bonchev–Trinajstić information content (AvgIpc) is 3.10. The van der Waals surface area contributed by atoms with Crippen molar-refractivity contribution in [1.82, 2.24) is 10.6 Å². The summed E-state index contributed by atoms with van der Waals surface area (Å²) in [6.07, 6.45) is 6.06. The normalized spacial score (nSPS) is 40.5. The monoisotopic (exact) mass is 208 g/mol. The van der Waals surface area contributed by atoms with Gasteiger partial charge in [0.15, 0.2) is 0 Å². The lowest BCUT2D eigenvalue weighted by molar-refractivity contribution is -0.125. The molecule has 2 N–H and O–H groups in total. The van der Waals surface area contributed by atoms with Crippen LogP contribution in [0.15, 0.2) is 0 Å². The third-order valence-corrected chi connectivity index (χ3v) is 4.55. The quantitative estimate of drug-likeness (QED) is 0.727. The number of hydrogen-bond donors (Lipinski definition) is 2. The Bertz CT molecular complexity index is 298. The van der Waals surface area contributed by atoms with Gasteiger partial charge in [0.2, 0.25) is 5.91 Å². The number of piperidine rings is 1. The molecule has 2 aliphatic carbocycles. The lowest BCUT2D eigenvalue weighted by atomic mass is 10.0. The summed E-state index contributed by atoms with van der Waals surface area (Å²) < 4.78 is 0. The topological polar surface area (TPSA) is 41.1 Å². The molecular formula is C12H20N2O. The minimum absolute atomic E-state index is 0.0182. The molecule has 3 fully saturated rings. The predicted molar refractivity (Wildman–Crippen MR) is 58.4 cm³/mol. The first-order valence-electron chi connectivity index (χ1n) is 6.18.